The Kier molecular flexibility index (Phi) is 3.71. The summed E-state index contributed by atoms with van der Waals surface area (Å²) in [7, 11) is 0. The van der Waals surface area contributed by atoms with E-state index in [1.54, 1.807) is 0 Å². The van der Waals surface area contributed by atoms with Crippen molar-refractivity contribution in [1.29, 1.82) is 0 Å². The fourth-order valence-electron chi connectivity index (χ4n) is 2.28. The van der Waals surface area contributed by atoms with Gasteiger partial charge in [-0.05, 0) is 37.3 Å². The molecular formula is C12H14ClF3N2. The zero-order valence-electron chi connectivity index (χ0n) is 9.89. The molecule has 1 aromatic heterocycles. The Morgan fingerprint density at radius 1 is 1.33 bits per heavy atom. The fraction of sp³-hybridized carbons (Fsp3) is 0.583. The van der Waals surface area contributed by atoms with E-state index in [0.717, 1.165) is 31.4 Å². The number of anilines is 1. The highest BCUT2D eigenvalue weighted by Crippen LogP contribution is 2.33. The third kappa shape index (κ3) is 3.28. The lowest BCUT2D eigenvalue weighted by Crippen LogP contribution is -2.17. The summed E-state index contributed by atoms with van der Waals surface area (Å²) in [6.45, 7) is 2.13. The van der Waals surface area contributed by atoms with Gasteiger partial charge < -0.3 is 5.32 Å². The summed E-state index contributed by atoms with van der Waals surface area (Å²) in [6.07, 6.45) is -1.40. The number of hydrogen-bond acceptors (Lipinski definition) is 2. The molecule has 0 spiro atoms. The van der Waals surface area contributed by atoms with Crippen molar-refractivity contribution in [3.8, 4) is 0 Å². The van der Waals surface area contributed by atoms with Crippen LogP contribution in [0.4, 0.5) is 19.0 Å². The third-order valence-electron chi connectivity index (χ3n) is 3.17. The fourth-order valence-corrected chi connectivity index (χ4v) is 2.49. The molecule has 0 saturated heterocycles. The van der Waals surface area contributed by atoms with Crippen LogP contribution in [-0.4, -0.2) is 11.0 Å². The van der Waals surface area contributed by atoms with Gasteiger partial charge in [0.15, 0.2) is 0 Å². The molecule has 1 aliphatic rings. The molecule has 1 aliphatic carbocycles. The minimum atomic E-state index is -4.40. The molecule has 100 valence electrons. The third-order valence-corrected chi connectivity index (χ3v) is 3.36. The molecule has 18 heavy (non-hydrogen) atoms. The van der Waals surface area contributed by atoms with Gasteiger partial charge in [-0.1, -0.05) is 18.5 Å². The minimum absolute atomic E-state index is 0.140. The first kappa shape index (κ1) is 13.5. The lowest BCUT2D eigenvalue weighted by atomic mass is 10.1. The molecule has 2 rings (SSSR count). The molecule has 0 aromatic carbocycles. The van der Waals surface area contributed by atoms with E-state index in [1.807, 2.05) is 0 Å². The summed E-state index contributed by atoms with van der Waals surface area (Å²) in [5.74, 6) is 0.803. The Bertz CT molecular complexity index is 434. The predicted octanol–water partition coefficient (Wildman–Crippen LogP) is 4.35. The molecule has 1 heterocycles. The van der Waals surface area contributed by atoms with Gasteiger partial charge in [-0.15, -0.1) is 0 Å². The van der Waals surface area contributed by atoms with E-state index < -0.39 is 11.7 Å². The van der Waals surface area contributed by atoms with Crippen LogP contribution in [0.2, 0.25) is 5.15 Å². The van der Waals surface area contributed by atoms with Crippen LogP contribution in [0.3, 0.4) is 0 Å². The van der Waals surface area contributed by atoms with Crippen LogP contribution in [0.1, 0.15) is 31.7 Å². The van der Waals surface area contributed by atoms with Crippen LogP contribution in [0.15, 0.2) is 12.1 Å². The number of alkyl halides is 3. The number of nitrogens with zero attached hydrogens (tertiary/aromatic N) is 1. The SMILES string of the molecule is CC1CCC(Nc2cc(C(F)(F)F)cc(Cl)n2)C1. The second kappa shape index (κ2) is 4.96. The molecular weight excluding hydrogens is 265 g/mol. The van der Waals surface area contributed by atoms with Crippen LogP contribution in [0, 0.1) is 5.92 Å². The normalized spacial score (nSPS) is 24.3. The minimum Gasteiger partial charge on any atom is -0.367 e. The summed E-state index contributed by atoms with van der Waals surface area (Å²) in [5.41, 5.74) is -0.768. The van der Waals surface area contributed by atoms with Gasteiger partial charge in [-0.2, -0.15) is 13.2 Å². The largest absolute Gasteiger partial charge is 0.416 e. The van der Waals surface area contributed by atoms with Crippen molar-refractivity contribution in [2.45, 2.75) is 38.4 Å². The van der Waals surface area contributed by atoms with Crippen molar-refractivity contribution in [2.24, 2.45) is 5.92 Å². The lowest BCUT2D eigenvalue weighted by molar-refractivity contribution is -0.137. The van der Waals surface area contributed by atoms with E-state index in [1.165, 1.54) is 0 Å². The molecule has 2 unspecified atom stereocenters. The number of nitrogens with one attached hydrogen (secondary N) is 1. The van der Waals surface area contributed by atoms with Gasteiger partial charge >= 0.3 is 6.18 Å². The van der Waals surface area contributed by atoms with Crippen LogP contribution in [0.5, 0.6) is 0 Å². The zero-order valence-corrected chi connectivity index (χ0v) is 10.6. The second-order valence-corrected chi connectivity index (χ2v) is 5.21. The van der Waals surface area contributed by atoms with Crippen LogP contribution >= 0.6 is 11.6 Å². The quantitative estimate of drug-likeness (QED) is 0.813. The van der Waals surface area contributed by atoms with E-state index in [0.29, 0.717) is 5.92 Å². The predicted molar refractivity (Wildman–Crippen MR) is 64.7 cm³/mol. The highest BCUT2D eigenvalue weighted by molar-refractivity contribution is 6.29. The van der Waals surface area contributed by atoms with Crippen molar-refractivity contribution in [3.63, 3.8) is 0 Å². The first-order valence-corrected chi connectivity index (χ1v) is 6.23. The molecule has 2 nitrogen and oxygen atoms in total. The Balaban J connectivity index is 2.15. The average Bonchev–Trinajstić information content (AvgIpc) is 2.61. The maximum absolute atomic E-state index is 12.6. The van der Waals surface area contributed by atoms with Crippen LogP contribution < -0.4 is 5.32 Å². The summed E-state index contributed by atoms with van der Waals surface area (Å²) in [5, 5.41) is 2.89. The van der Waals surface area contributed by atoms with Gasteiger partial charge in [0.2, 0.25) is 0 Å². The number of halogens is 4. The van der Waals surface area contributed by atoms with E-state index in [4.69, 9.17) is 11.6 Å². The molecule has 1 N–H and O–H groups in total. The summed E-state index contributed by atoms with van der Waals surface area (Å²) in [6, 6.07) is 2.03. The Hall–Kier alpha value is -0.970. The van der Waals surface area contributed by atoms with E-state index in [-0.39, 0.29) is 17.0 Å². The maximum atomic E-state index is 12.6. The van der Waals surface area contributed by atoms with Gasteiger partial charge in [-0.3, -0.25) is 0 Å². The van der Waals surface area contributed by atoms with E-state index in [2.05, 4.69) is 17.2 Å². The maximum Gasteiger partial charge on any atom is 0.416 e. The molecule has 0 radical (unpaired) electrons. The molecule has 0 amide bonds. The topological polar surface area (TPSA) is 24.9 Å². The molecule has 1 aromatic rings. The summed E-state index contributed by atoms with van der Waals surface area (Å²) >= 11 is 5.62. The average molecular weight is 279 g/mol. The van der Waals surface area contributed by atoms with Crippen LogP contribution in [-0.2, 0) is 6.18 Å². The molecule has 6 heteroatoms. The van der Waals surface area contributed by atoms with E-state index in [9.17, 15) is 13.2 Å². The van der Waals surface area contributed by atoms with Gasteiger partial charge in [0.1, 0.15) is 11.0 Å². The molecule has 1 saturated carbocycles. The Labute approximate surface area is 109 Å². The number of aromatic nitrogens is 1. The molecule has 0 bridgehead atoms. The smallest absolute Gasteiger partial charge is 0.367 e. The van der Waals surface area contributed by atoms with Crippen molar-refractivity contribution in [1.82, 2.24) is 4.98 Å². The van der Waals surface area contributed by atoms with Crippen LogP contribution in [0.25, 0.3) is 0 Å². The Morgan fingerprint density at radius 2 is 2.06 bits per heavy atom. The van der Waals surface area contributed by atoms with E-state index >= 15 is 0 Å². The zero-order chi connectivity index (χ0) is 13.3. The van der Waals surface area contributed by atoms with Crippen molar-refractivity contribution in [2.75, 3.05) is 5.32 Å². The standard InChI is InChI=1S/C12H14ClF3N2/c1-7-2-3-9(4-7)17-11-6-8(12(14,15)16)5-10(13)18-11/h5-7,9H,2-4H2,1H3,(H,17,18). The van der Waals surface area contributed by atoms with Gasteiger partial charge in [0.05, 0.1) is 5.56 Å². The second-order valence-electron chi connectivity index (χ2n) is 4.82. The first-order valence-electron chi connectivity index (χ1n) is 5.86. The summed E-state index contributed by atoms with van der Waals surface area (Å²) < 4.78 is 37.8. The molecule has 2 atom stereocenters. The monoisotopic (exact) mass is 278 g/mol. The Morgan fingerprint density at radius 3 is 2.61 bits per heavy atom. The molecule has 1 fully saturated rings. The van der Waals surface area contributed by atoms with Crippen molar-refractivity contribution < 1.29 is 13.2 Å². The number of rotatable bonds is 2. The highest BCUT2D eigenvalue weighted by Gasteiger charge is 2.32. The molecule has 0 aliphatic heterocycles. The van der Waals surface area contributed by atoms with Gasteiger partial charge in [-0.25, -0.2) is 4.98 Å². The lowest BCUT2D eigenvalue weighted by Gasteiger charge is -2.15. The summed E-state index contributed by atoms with van der Waals surface area (Å²) in [4.78, 5) is 3.89. The van der Waals surface area contributed by atoms with Crippen molar-refractivity contribution >= 4 is 17.4 Å². The van der Waals surface area contributed by atoms with Gasteiger partial charge in [0.25, 0.3) is 0 Å². The first-order chi connectivity index (χ1) is 8.34. The number of hydrogen-bond donors (Lipinski definition) is 1. The van der Waals surface area contributed by atoms with Crippen molar-refractivity contribution in [3.05, 3.63) is 22.8 Å². The highest BCUT2D eigenvalue weighted by atomic mass is 35.5. The van der Waals surface area contributed by atoms with Gasteiger partial charge in [0, 0.05) is 6.04 Å². The number of pyridine rings is 1.